The van der Waals surface area contributed by atoms with Crippen molar-refractivity contribution in [3.8, 4) is 0 Å². The Labute approximate surface area is 123 Å². The van der Waals surface area contributed by atoms with Gasteiger partial charge in [0.1, 0.15) is 0 Å². The fraction of sp³-hybridized carbons (Fsp3) is 0.647. The van der Waals surface area contributed by atoms with Crippen molar-refractivity contribution in [3.05, 3.63) is 34.8 Å². The standard InChI is InChI=1S/C17H25BO2/c1-6-12-7-8-15(11-14-10-13(14)9-12)18-19-16(2,3)17(4,5)20-18/h7-8,11,13H,6,9-10H2,1-5H3. The summed E-state index contributed by atoms with van der Waals surface area (Å²) in [6, 6.07) is 0. The Balaban J connectivity index is 1.88. The summed E-state index contributed by atoms with van der Waals surface area (Å²) >= 11 is 0. The molecule has 2 aliphatic carbocycles. The quantitative estimate of drug-likeness (QED) is 0.700. The summed E-state index contributed by atoms with van der Waals surface area (Å²) in [5, 5.41) is 0. The van der Waals surface area contributed by atoms with E-state index in [1.807, 2.05) is 0 Å². The second kappa shape index (κ2) is 4.61. The van der Waals surface area contributed by atoms with Crippen LogP contribution in [0.15, 0.2) is 34.8 Å². The molecule has 3 aliphatic rings. The molecule has 3 rings (SSSR count). The smallest absolute Gasteiger partial charge is 0.399 e. The number of fused-ring (bicyclic) bond motifs is 1. The third kappa shape index (κ3) is 2.42. The van der Waals surface area contributed by atoms with Crippen molar-refractivity contribution < 1.29 is 9.31 Å². The molecule has 2 fully saturated rings. The maximum Gasteiger partial charge on any atom is 0.494 e. The Morgan fingerprint density at radius 2 is 1.75 bits per heavy atom. The number of hydrogen-bond acceptors (Lipinski definition) is 2. The highest BCUT2D eigenvalue weighted by molar-refractivity contribution is 6.55. The van der Waals surface area contributed by atoms with E-state index in [9.17, 15) is 0 Å². The van der Waals surface area contributed by atoms with Crippen LogP contribution in [0, 0.1) is 5.92 Å². The fourth-order valence-electron chi connectivity index (χ4n) is 2.85. The van der Waals surface area contributed by atoms with Gasteiger partial charge < -0.3 is 9.31 Å². The van der Waals surface area contributed by atoms with Crippen LogP contribution in [-0.2, 0) is 9.31 Å². The van der Waals surface area contributed by atoms with Gasteiger partial charge in [0.2, 0.25) is 0 Å². The summed E-state index contributed by atoms with van der Waals surface area (Å²) in [5.74, 6) is 0.771. The van der Waals surface area contributed by atoms with Gasteiger partial charge in [-0.25, -0.2) is 0 Å². The number of allylic oxidation sites excluding steroid dienone is 6. The highest BCUT2D eigenvalue weighted by Gasteiger charge is 2.52. The lowest BCUT2D eigenvalue weighted by Gasteiger charge is -2.32. The normalized spacial score (nSPS) is 30.8. The molecular formula is C17H25BO2. The minimum absolute atomic E-state index is 0.235. The molecule has 1 atom stereocenters. The Bertz CT molecular complexity index is 495. The summed E-state index contributed by atoms with van der Waals surface area (Å²) in [6.07, 6.45) is 10.4. The van der Waals surface area contributed by atoms with Crippen LogP contribution >= 0.6 is 0 Å². The molecule has 0 bridgehead atoms. The summed E-state index contributed by atoms with van der Waals surface area (Å²) < 4.78 is 12.3. The molecule has 3 heteroatoms. The van der Waals surface area contributed by atoms with Crippen molar-refractivity contribution in [3.63, 3.8) is 0 Å². The molecule has 1 saturated carbocycles. The van der Waals surface area contributed by atoms with Crippen LogP contribution < -0.4 is 0 Å². The molecular weight excluding hydrogens is 247 g/mol. The van der Waals surface area contributed by atoms with E-state index in [4.69, 9.17) is 9.31 Å². The van der Waals surface area contributed by atoms with Crippen LogP contribution in [0.4, 0.5) is 0 Å². The summed E-state index contributed by atoms with van der Waals surface area (Å²) in [7, 11) is -0.235. The van der Waals surface area contributed by atoms with Gasteiger partial charge in [0.05, 0.1) is 11.2 Å². The zero-order valence-corrected chi connectivity index (χ0v) is 13.3. The fourth-order valence-corrected chi connectivity index (χ4v) is 2.85. The number of hydrogen-bond donors (Lipinski definition) is 0. The molecule has 0 N–H and O–H groups in total. The van der Waals surface area contributed by atoms with Gasteiger partial charge in [-0.2, -0.15) is 0 Å². The molecule has 1 heterocycles. The molecule has 20 heavy (non-hydrogen) atoms. The van der Waals surface area contributed by atoms with Crippen molar-refractivity contribution in [2.45, 2.75) is 65.1 Å². The first-order valence-corrected chi connectivity index (χ1v) is 7.78. The predicted molar refractivity (Wildman–Crippen MR) is 83.3 cm³/mol. The lowest BCUT2D eigenvalue weighted by Crippen LogP contribution is -2.41. The minimum Gasteiger partial charge on any atom is -0.399 e. The molecule has 2 nitrogen and oxygen atoms in total. The van der Waals surface area contributed by atoms with E-state index < -0.39 is 0 Å². The second-order valence-corrected chi connectivity index (χ2v) is 7.26. The first kappa shape index (κ1) is 14.2. The maximum absolute atomic E-state index is 6.17. The van der Waals surface area contributed by atoms with E-state index in [0.717, 1.165) is 12.3 Å². The monoisotopic (exact) mass is 272 g/mol. The van der Waals surface area contributed by atoms with E-state index in [2.05, 4.69) is 52.8 Å². The van der Waals surface area contributed by atoms with Gasteiger partial charge >= 0.3 is 7.12 Å². The maximum atomic E-state index is 6.17. The van der Waals surface area contributed by atoms with Crippen LogP contribution in [0.3, 0.4) is 0 Å². The predicted octanol–water partition coefficient (Wildman–Crippen LogP) is 4.23. The highest BCUT2D eigenvalue weighted by atomic mass is 16.7. The molecule has 0 spiro atoms. The molecule has 0 aromatic rings. The van der Waals surface area contributed by atoms with Gasteiger partial charge in [0, 0.05) is 0 Å². The molecule has 0 radical (unpaired) electrons. The summed E-state index contributed by atoms with van der Waals surface area (Å²) in [5.41, 5.74) is 3.74. The molecule has 0 aromatic heterocycles. The molecule has 1 unspecified atom stereocenters. The first-order valence-electron chi connectivity index (χ1n) is 7.78. The van der Waals surface area contributed by atoms with Crippen LogP contribution in [0.5, 0.6) is 0 Å². The summed E-state index contributed by atoms with van der Waals surface area (Å²) in [6.45, 7) is 10.7. The third-order valence-electron chi connectivity index (χ3n) is 5.20. The summed E-state index contributed by atoms with van der Waals surface area (Å²) in [4.78, 5) is 0. The van der Waals surface area contributed by atoms with E-state index >= 15 is 0 Å². The Morgan fingerprint density at radius 1 is 1.10 bits per heavy atom. The first-order chi connectivity index (χ1) is 9.32. The zero-order chi connectivity index (χ0) is 14.5. The van der Waals surface area contributed by atoms with Crippen LogP contribution in [0.1, 0.15) is 53.9 Å². The van der Waals surface area contributed by atoms with E-state index in [1.54, 1.807) is 5.57 Å². The van der Waals surface area contributed by atoms with Gasteiger partial charge in [-0.1, -0.05) is 36.3 Å². The third-order valence-corrected chi connectivity index (χ3v) is 5.20. The molecule has 108 valence electrons. The van der Waals surface area contributed by atoms with Crippen molar-refractivity contribution in [1.82, 2.24) is 0 Å². The van der Waals surface area contributed by atoms with E-state index in [1.165, 1.54) is 23.9 Å². The van der Waals surface area contributed by atoms with Gasteiger partial charge in [0.25, 0.3) is 0 Å². The van der Waals surface area contributed by atoms with Crippen LogP contribution in [-0.4, -0.2) is 18.3 Å². The van der Waals surface area contributed by atoms with Crippen molar-refractivity contribution in [2.75, 3.05) is 0 Å². The van der Waals surface area contributed by atoms with E-state index in [-0.39, 0.29) is 18.3 Å². The number of rotatable bonds is 2. The zero-order valence-electron chi connectivity index (χ0n) is 13.3. The molecule has 0 amide bonds. The minimum atomic E-state index is -0.264. The highest BCUT2D eigenvalue weighted by Crippen LogP contribution is 2.46. The van der Waals surface area contributed by atoms with Crippen LogP contribution in [0.25, 0.3) is 0 Å². The van der Waals surface area contributed by atoms with Crippen molar-refractivity contribution >= 4 is 7.12 Å². The van der Waals surface area contributed by atoms with Gasteiger partial charge in [-0.15, -0.1) is 0 Å². The van der Waals surface area contributed by atoms with Crippen LogP contribution in [0.2, 0.25) is 0 Å². The Morgan fingerprint density at radius 3 is 2.35 bits per heavy atom. The largest absolute Gasteiger partial charge is 0.494 e. The average molecular weight is 272 g/mol. The average Bonchev–Trinajstić information content (AvgIpc) is 2.98. The second-order valence-electron chi connectivity index (χ2n) is 7.26. The Kier molecular flexibility index (Phi) is 3.26. The Hall–Kier alpha value is -0.795. The van der Waals surface area contributed by atoms with Crippen molar-refractivity contribution in [1.29, 1.82) is 0 Å². The lowest BCUT2D eigenvalue weighted by molar-refractivity contribution is 0.00578. The molecule has 0 aromatic carbocycles. The van der Waals surface area contributed by atoms with E-state index in [0.29, 0.717) is 0 Å². The lowest BCUT2D eigenvalue weighted by atomic mass is 9.76. The SMILES string of the molecule is CCC1=CC=C(B2OC(C)(C)C(C)(C)O2)C=C2CC2C1. The van der Waals surface area contributed by atoms with Gasteiger partial charge in [-0.05, 0) is 58.3 Å². The van der Waals surface area contributed by atoms with Gasteiger partial charge in [0.15, 0.2) is 0 Å². The van der Waals surface area contributed by atoms with Crippen molar-refractivity contribution in [2.24, 2.45) is 5.92 Å². The topological polar surface area (TPSA) is 18.5 Å². The molecule has 1 saturated heterocycles. The van der Waals surface area contributed by atoms with Gasteiger partial charge in [-0.3, -0.25) is 0 Å². The molecule has 1 aliphatic heterocycles.